The van der Waals surface area contributed by atoms with E-state index in [1.165, 1.54) is 0 Å². The fourth-order valence-corrected chi connectivity index (χ4v) is 3.50. The lowest BCUT2D eigenvalue weighted by molar-refractivity contribution is -0.127. The van der Waals surface area contributed by atoms with Crippen LogP contribution >= 0.6 is 23.2 Å². The highest BCUT2D eigenvalue weighted by molar-refractivity contribution is 6.34. The molecular formula is C22H22Cl2N2O2. The van der Waals surface area contributed by atoms with Crippen LogP contribution in [0.4, 0.5) is 0 Å². The minimum absolute atomic E-state index is 0.183. The molecule has 4 nitrogen and oxygen atoms in total. The standard InChI is InChI=1S/C22H22Cl2N2O2/c23-17-11-9-16(10-12-17)15-20(22(28)26-13-5-1-2-6-14-26)25-21(27)18-7-3-4-8-19(18)24/h3-4,7-12,15H,1-2,5-6,13-14H2,(H,25,27)/b20-15-. The maximum Gasteiger partial charge on any atom is 0.270 e. The minimum Gasteiger partial charge on any atom is -0.337 e. The molecule has 0 saturated carbocycles. The minimum atomic E-state index is -0.408. The summed E-state index contributed by atoms with van der Waals surface area (Å²) in [6.45, 7) is 1.39. The van der Waals surface area contributed by atoms with Crippen LogP contribution in [0.25, 0.3) is 6.08 Å². The summed E-state index contributed by atoms with van der Waals surface area (Å²) >= 11 is 12.1. The van der Waals surface area contributed by atoms with Crippen LogP contribution in [0.5, 0.6) is 0 Å². The van der Waals surface area contributed by atoms with E-state index in [0.717, 1.165) is 31.2 Å². The van der Waals surface area contributed by atoms with Gasteiger partial charge in [-0.25, -0.2) is 0 Å². The molecule has 0 bridgehead atoms. The number of benzene rings is 2. The van der Waals surface area contributed by atoms with Gasteiger partial charge in [-0.1, -0.05) is 60.3 Å². The predicted molar refractivity (Wildman–Crippen MR) is 113 cm³/mol. The molecule has 1 saturated heterocycles. The van der Waals surface area contributed by atoms with Gasteiger partial charge < -0.3 is 10.2 Å². The molecule has 0 aromatic heterocycles. The quantitative estimate of drug-likeness (QED) is 0.698. The second-order valence-corrected chi connectivity index (χ2v) is 7.59. The Kier molecular flexibility index (Phi) is 7.12. The van der Waals surface area contributed by atoms with Gasteiger partial charge >= 0.3 is 0 Å². The van der Waals surface area contributed by atoms with Crippen LogP contribution in [-0.4, -0.2) is 29.8 Å². The van der Waals surface area contributed by atoms with Gasteiger partial charge in [-0.15, -0.1) is 0 Å². The fourth-order valence-electron chi connectivity index (χ4n) is 3.16. The van der Waals surface area contributed by atoms with E-state index in [0.29, 0.717) is 28.7 Å². The predicted octanol–water partition coefficient (Wildman–Crippen LogP) is 5.17. The smallest absolute Gasteiger partial charge is 0.270 e. The Bertz CT molecular complexity index is 870. The average molecular weight is 417 g/mol. The van der Waals surface area contributed by atoms with Gasteiger partial charge in [-0.05, 0) is 48.7 Å². The molecule has 1 N–H and O–H groups in total. The molecule has 0 unspecified atom stereocenters. The molecule has 0 atom stereocenters. The lowest BCUT2D eigenvalue weighted by Gasteiger charge is -2.22. The van der Waals surface area contributed by atoms with Crippen molar-refractivity contribution in [1.82, 2.24) is 10.2 Å². The zero-order valence-electron chi connectivity index (χ0n) is 15.5. The first-order chi connectivity index (χ1) is 13.5. The van der Waals surface area contributed by atoms with E-state index < -0.39 is 5.91 Å². The summed E-state index contributed by atoms with van der Waals surface area (Å²) in [5, 5.41) is 3.72. The summed E-state index contributed by atoms with van der Waals surface area (Å²) in [6.07, 6.45) is 5.85. The van der Waals surface area contributed by atoms with Gasteiger partial charge in [-0.3, -0.25) is 9.59 Å². The Labute approximate surface area is 175 Å². The average Bonchev–Trinajstić information content (AvgIpc) is 2.98. The largest absolute Gasteiger partial charge is 0.337 e. The Balaban J connectivity index is 1.89. The number of nitrogens with zero attached hydrogens (tertiary/aromatic N) is 1. The van der Waals surface area contributed by atoms with Gasteiger partial charge in [0.2, 0.25) is 0 Å². The topological polar surface area (TPSA) is 49.4 Å². The fraction of sp³-hybridized carbons (Fsp3) is 0.273. The van der Waals surface area contributed by atoms with Crippen molar-refractivity contribution < 1.29 is 9.59 Å². The highest BCUT2D eigenvalue weighted by Gasteiger charge is 2.22. The van der Waals surface area contributed by atoms with Crippen LogP contribution in [-0.2, 0) is 4.79 Å². The van der Waals surface area contributed by atoms with E-state index in [9.17, 15) is 9.59 Å². The van der Waals surface area contributed by atoms with Crippen molar-refractivity contribution >= 4 is 41.1 Å². The van der Waals surface area contributed by atoms with E-state index in [2.05, 4.69) is 5.32 Å². The number of carbonyl (C=O) groups excluding carboxylic acids is 2. The first-order valence-corrected chi connectivity index (χ1v) is 10.1. The normalized spacial score (nSPS) is 15.1. The molecular weight excluding hydrogens is 395 g/mol. The first-order valence-electron chi connectivity index (χ1n) is 9.37. The maximum atomic E-state index is 13.2. The highest BCUT2D eigenvalue weighted by atomic mass is 35.5. The third-order valence-corrected chi connectivity index (χ3v) is 5.25. The summed E-state index contributed by atoms with van der Waals surface area (Å²) in [5.74, 6) is -0.591. The summed E-state index contributed by atoms with van der Waals surface area (Å²) in [5.41, 5.74) is 1.34. The number of amides is 2. The molecule has 0 radical (unpaired) electrons. The lowest BCUT2D eigenvalue weighted by atomic mass is 10.1. The summed E-state index contributed by atoms with van der Waals surface area (Å²) in [7, 11) is 0. The number of halogens is 2. The van der Waals surface area contributed by atoms with E-state index in [1.807, 2.05) is 4.90 Å². The van der Waals surface area contributed by atoms with Gasteiger partial charge in [-0.2, -0.15) is 0 Å². The van der Waals surface area contributed by atoms with Gasteiger partial charge in [0, 0.05) is 18.1 Å². The summed E-state index contributed by atoms with van der Waals surface area (Å²) in [6, 6.07) is 13.9. The number of carbonyl (C=O) groups is 2. The molecule has 1 aliphatic heterocycles. The van der Waals surface area contributed by atoms with Crippen molar-refractivity contribution in [2.45, 2.75) is 25.7 Å². The molecule has 2 amide bonds. The monoisotopic (exact) mass is 416 g/mol. The van der Waals surface area contributed by atoms with Crippen molar-refractivity contribution in [3.05, 3.63) is 75.4 Å². The molecule has 2 aromatic rings. The van der Waals surface area contributed by atoms with Crippen LogP contribution in [0.2, 0.25) is 10.0 Å². The van der Waals surface area contributed by atoms with Crippen molar-refractivity contribution in [2.75, 3.05) is 13.1 Å². The number of nitrogens with one attached hydrogen (secondary N) is 1. The molecule has 0 aliphatic carbocycles. The molecule has 2 aromatic carbocycles. The second-order valence-electron chi connectivity index (χ2n) is 6.75. The number of rotatable bonds is 4. The Morgan fingerprint density at radius 2 is 1.54 bits per heavy atom. The molecule has 146 valence electrons. The van der Waals surface area contributed by atoms with Gasteiger partial charge in [0.05, 0.1) is 10.6 Å². The second kappa shape index (κ2) is 9.76. The SMILES string of the molecule is O=C(N/C(=C\c1ccc(Cl)cc1)C(=O)N1CCCCCC1)c1ccccc1Cl. The van der Waals surface area contributed by atoms with Crippen LogP contribution in [0, 0.1) is 0 Å². The summed E-state index contributed by atoms with van der Waals surface area (Å²) < 4.78 is 0. The first kappa shape index (κ1) is 20.4. The van der Waals surface area contributed by atoms with Crippen LogP contribution in [0.15, 0.2) is 54.2 Å². The van der Waals surface area contributed by atoms with Crippen molar-refractivity contribution in [3.8, 4) is 0 Å². The molecule has 1 aliphatic rings. The van der Waals surface area contributed by atoms with Gasteiger partial charge in [0.1, 0.15) is 5.70 Å². The Morgan fingerprint density at radius 3 is 2.18 bits per heavy atom. The summed E-state index contributed by atoms with van der Waals surface area (Å²) in [4.78, 5) is 27.7. The molecule has 1 fully saturated rings. The van der Waals surface area contributed by atoms with Crippen molar-refractivity contribution in [2.24, 2.45) is 0 Å². The number of likely N-dealkylation sites (tertiary alicyclic amines) is 1. The molecule has 1 heterocycles. The van der Waals surface area contributed by atoms with Crippen LogP contribution in [0.1, 0.15) is 41.6 Å². The zero-order chi connectivity index (χ0) is 19.9. The third kappa shape index (κ3) is 5.37. The van der Waals surface area contributed by atoms with E-state index in [4.69, 9.17) is 23.2 Å². The number of hydrogen-bond acceptors (Lipinski definition) is 2. The zero-order valence-corrected chi connectivity index (χ0v) is 17.0. The van der Waals surface area contributed by atoms with E-state index in [1.54, 1.807) is 54.6 Å². The third-order valence-electron chi connectivity index (χ3n) is 4.67. The Morgan fingerprint density at radius 1 is 0.893 bits per heavy atom. The lowest BCUT2D eigenvalue weighted by Crippen LogP contribution is -2.39. The number of hydrogen-bond donors (Lipinski definition) is 1. The molecule has 28 heavy (non-hydrogen) atoms. The Hall–Kier alpha value is -2.30. The highest BCUT2D eigenvalue weighted by Crippen LogP contribution is 2.18. The molecule has 6 heteroatoms. The van der Waals surface area contributed by atoms with Gasteiger partial charge in [0.15, 0.2) is 0 Å². The van der Waals surface area contributed by atoms with Crippen molar-refractivity contribution in [1.29, 1.82) is 0 Å². The molecule has 0 spiro atoms. The van der Waals surface area contributed by atoms with Crippen LogP contribution in [0.3, 0.4) is 0 Å². The van der Waals surface area contributed by atoms with Crippen molar-refractivity contribution in [3.63, 3.8) is 0 Å². The van der Waals surface area contributed by atoms with E-state index >= 15 is 0 Å². The maximum absolute atomic E-state index is 13.2. The van der Waals surface area contributed by atoms with Crippen LogP contribution < -0.4 is 5.32 Å². The van der Waals surface area contributed by atoms with E-state index in [-0.39, 0.29) is 11.6 Å². The van der Waals surface area contributed by atoms with Gasteiger partial charge in [0.25, 0.3) is 11.8 Å². The molecule has 3 rings (SSSR count).